The summed E-state index contributed by atoms with van der Waals surface area (Å²) in [6.45, 7) is 4.72. The van der Waals surface area contributed by atoms with Crippen molar-refractivity contribution >= 4 is 5.78 Å². The maximum atomic E-state index is 11.2. The van der Waals surface area contributed by atoms with E-state index in [9.17, 15) is 4.79 Å². The molecule has 2 rings (SSSR count). The molecule has 0 saturated heterocycles. The summed E-state index contributed by atoms with van der Waals surface area (Å²) in [4.78, 5) is 15.5. The fraction of sp³-hybridized carbons (Fsp3) is 0.600. The van der Waals surface area contributed by atoms with Gasteiger partial charge in [0.1, 0.15) is 11.5 Å². The van der Waals surface area contributed by atoms with E-state index in [2.05, 4.69) is 16.5 Å². The van der Waals surface area contributed by atoms with Gasteiger partial charge < -0.3 is 4.57 Å². The molecule has 0 bridgehead atoms. The maximum Gasteiger partial charge on any atom is 0.177 e. The van der Waals surface area contributed by atoms with E-state index in [4.69, 9.17) is 0 Å². The van der Waals surface area contributed by atoms with Gasteiger partial charge in [0.25, 0.3) is 0 Å². The van der Waals surface area contributed by atoms with Crippen molar-refractivity contribution in [2.75, 3.05) is 0 Å². The third kappa shape index (κ3) is 1.28. The summed E-state index contributed by atoms with van der Waals surface area (Å²) in [5.74, 6) is 1.70. The second kappa shape index (κ2) is 2.98. The van der Waals surface area contributed by atoms with E-state index in [0.717, 1.165) is 24.5 Å². The molecule has 1 unspecified atom stereocenters. The molecule has 70 valence electrons. The van der Waals surface area contributed by atoms with E-state index >= 15 is 0 Å². The Balaban J connectivity index is 2.47. The number of carbonyl (C=O) groups is 1. The summed E-state index contributed by atoms with van der Waals surface area (Å²) in [7, 11) is 0. The number of ketones is 1. The third-order valence-electron chi connectivity index (χ3n) is 2.71. The van der Waals surface area contributed by atoms with Crippen molar-refractivity contribution in [2.45, 2.75) is 39.2 Å². The minimum atomic E-state index is 0.118. The molecular formula is C10H14N2O. The molecule has 1 aliphatic heterocycles. The Morgan fingerprint density at radius 1 is 1.69 bits per heavy atom. The summed E-state index contributed by atoms with van der Waals surface area (Å²) in [5, 5.41) is 0. The lowest BCUT2D eigenvalue weighted by Gasteiger charge is -2.20. The van der Waals surface area contributed by atoms with Gasteiger partial charge in [0.15, 0.2) is 5.78 Å². The fourth-order valence-electron chi connectivity index (χ4n) is 1.98. The standard InChI is InChI=1S/C10H14N2O/c1-7-4-3-5-12-9(8(2)13)6-11-10(7)12/h6-7H,3-5H2,1-2H3. The molecule has 1 aromatic rings. The summed E-state index contributed by atoms with van der Waals surface area (Å²) in [5.41, 5.74) is 0.765. The number of hydrogen-bond donors (Lipinski definition) is 0. The quantitative estimate of drug-likeness (QED) is 0.616. The number of hydrogen-bond acceptors (Lipinski definition) is 2. The first kappa shape index (κ1) is 8.48. The van der Waals surface area contributed by atoms with Gasteiger partial charge in [-0.25, -0.2) is 4.98 Å². The van der Waals surface area contributed by atoms with Crippen LogP contribution in [0.15, 0.2) is 6.20 Å². The van der Waals surface area contributed by atoms with Crippen molar-refractivity contribution in [3.05, 3.63) is 17.7 Å². The molecule has 3 nitrogen and oxygen atoms in total. The molecule has 3 heteroatoms. The Kier molecular flexibility index (Phi) is 1.94. The van der Waals surface area contributed by atoms with Crippen molar-refractivity contribution in [1.29, 1.82) is 0 Å². The number of carbonyl (C=O) groups excluding carboxylic acids is 1. The molecule has 0 N–H and O–H groups in total. The molecule has 0 aromatic carbocycles. The minimum absolute atomic E-state index is 0.118. The van der Waals surface area contributed by atoms with Crippen LogP contribution in [0.25, 0.3) is 0 Å². The zero-order chi connectivity index (χ0) is 9.42. The van der Waals surface area contributed by atoms with Crippen LogP contribution in [-0.2, 0) is 6.54 Å². The molecule has 13 heavy (non-hydrogen) atoms. The lowest BCUT2D eigenvalue weighted by atomic mass is 10.0. The van der Waals surface area contributed by atoms with Crippen LogP contribution in [0.5, 0.6) is 0 Å². The molecule has 2 heterocycles. The predicted octanol–water partition coefficient (Wildman–Crippen LogP) is 1.98. The van der Waals surface area contributed by atoms with E-state index in [1.807, 2.05) is 0 Å². The molecule has 0 amide bonds. The van der Waals surface area contributed by atoms with Crippen LogP contribution in [0.2, 0.25) is 0 Å². The molecule has 1 aliphatic rings. The van der Waals surface area contributed by atoms with Crippen molar-refractivity contribution in [2.24, 2.45) is 0 Å². The highest BCUT2D eigenvalue weighted by Gasteiger charge is 2.21. The Hall–Kier alpha value is -1.12. The third-order valence-corrected chi connectivity index (χ3v) is 2.71. The van der Waals surface area contributed by atoms with E-state index < -0.39 is 0 Å². The Bertz CT molecular complexity index is 341. The monoisotopic (exact) mass is 178 g/mol. The van der Waals surface area contributed by atoms with Gasteiger partial charge in [-0.15, -0.1) is 0 Å². The number of fused-ring (bicyclic) bond motifs is 1. The first-order valence-electron chi connectivity index (χ1n) is 4.76. The van der Waals surface area contributed by atoms with Crippen LogP contribution in [-0.4, -0.2) is 15.3 Å². The summed E-state index contributed by atoms with van der Waals surface area (Å²) < 4.78 is 2.07. The number of nitrogens with zero attached hydrogens (tertiary/aromatic N) is 2. The second-order valence-corrected chi connectivity index (χ2v) is 3.75. The van der Waals surface area contributed by atoms with Crippen molar-refractivity contribution in [3.63, 3.8) is 0 Å². The number of rotatable bonds is 1. The predicted molar refractivity (Wildman–Crippen MR) is 49.9 cm³/mol. The number of Topliss-reactive ketones (excluding diaryl/α,β-unsaturated/α-hetero) is 1. The average Bonchev–Trinajstić information content (AvgIpc) is 2.48. The summed E-state index contributed by atoms with van der Waals surface area (Å²) >= 11 is 0. The first-order chi connectivity index (χ1) is 6.20. The zero-order valence-electron chi connectivity index (χ0n) is 8.08. The Labute approximate surface area is 77.8 Å². The normalized spacial score (nSPS) is 21.2. The molecule has 1 atom stereocenters. The van der Waals surface area contributed by atoms with Gasteiger partial charge in [0.2, 0.25) is 0 Å². The van der Waals surface area contributed by atoms with Gasteiger partial charge >= 0.3 is 0 Å². The molecular weight excluding hydrogens is 164 g/mol. The second-order valence-electron chi connectivity index (χ2n) is 3.75. The maximum absolute atomic E-state index is 11.2. The minimum Gasteiger partial charge on any atom is -0.325 e. The van der Waals surface area contributed by atoms with Gasteiger partial charge in [0.05, 0.1) is 6.20 Å². The van der Waals surface area contributed by atoms with Crippen LogP contribution in [0.4, 0.5) is 0 Å². The topological polar surface area (TPSA) is 34.9 Å². The smallest absolute Gasteiger partial charge is 0.177 e. The fourth-order valence-corrected chi connectivity index (χ4v) is 1.98. The van der Waals surface area contributed by atoms with Crippen LogP contribution in [0, 0.1) is 0 Å². The molecule has 0 saturated carbocycles. The van der Waals surface area contributed by atoms with Gasteiger partial charge in [0, 0.05) is 19.4 Å². The highest BCUT2D eigenvalue weighted by atomic mass is 16.1. The van der Waals surface area contributed by atoms with E-state index in [0.29, 0.717) is 5.92 Å². The highest BCUT2D eigenvalue weighted by Crippen LogP contribution is 2.26. The van der Waals surface area contributed by atoms with Crippen LogP contribution < -0.4 is 0 Å². The lowest BCUT2D eigenvalue weighted by Crippen LogP contribution is -2.17. The summed E-state index contributed by atoms with van der Waals surface area (Å²) in [6.07, 6.45) is 4.05. The Morgan fingerprint density at radius 3 is 3.15 bits per heavy atom. The van der Waals surface area contributed by atoms with E-state index in [-0.39, 0.29) is 5.78 Å². The Morgan fingerprint density at radius 2 is 2.46 bits per heavy atom. The molecule has 0 fully saturated rings. The summed E-state index contributed by atoms with van der Waals surface area (Å²) in [6, 6.07) is 0. The van der Waals surface area contributed by atoms with Crippen molar-refractivity contribution in [1.82, 2.24) is 9.55 Å². The number of aromatic nitrogens is 2. The SMILES string of the molecule is CC(=O)c1cnc2n1CCCC2C. The number of imidazole rings is 1. The first-order valence-corrected chi connectivity index (χ1v) is 4.76. The van der Waals surface area contributed by atoms with Gasteiger partial charge in [-0.1, -0.05) is 6.92 Å². The zero-order valence-corrected chi connectivity index (χ0v) is 8.08. The van der Waals surface area contributed by atoms with Crippen LogP contribution in [0.3, 0.4) is 0 Å². The largest absolute Gasteiger partial charge is 0.325 e. The average molecular weight is 178 g/mol. The van der Waals surface area contributed by atoms with Gasteiger partial charge in [-0.05, 0) is 12.8 Å². The van der Waals surface area contributed by atoms with Gasteiger partial charge in [-0.2, -0.15) is 0 Å². The molecule has 0 spiro atoms. The van der Waals surface area contributed by atoms with Gasteiger partial charge in [-0.3, -0.25) is 4.79 Å². The van der Waals surface area contributed by atoms with Crippen LogP contribution in [0.1, 0.15) is 48.9 Å². The van der Waals surface area contributed by atoms with Crippen molar-refractivity contribution < 1.29 is 4.79 Å². The van der Waals surface area contributed by atoms with E-state index in [1.165, 1.54) is 6.42 Å². The lowest BCUT2D eigenvalue weighted by molar-refractivity contribution is 0.100. The molecule has 0 radical (unpaired) electrons. The van der Waals surface area contributed by atoms with Crippen molar-refractivity contribution in [3.8, 4) is 0 Å². The van der Waals surface area contributed by atoms with E-state index in [1.54, 1.807) is 13.1 Å². The molecule has 1 aromatic heterocycles. The molecule has 0 aliphatic carbocycles. The highest BCUT2D eigenvalue weighted by molar-refractivity contribution is 5.92. The van der Waals surface area contributed by atoms with Crippen LogP contribution >= 0.6 is 0 Å².